The molecule has 0 bridgehead atoms. The Kier molecular flexibility index (Phi) is 4.24. The van der Waals surface area contributed by atoms with Crippen LogP contribution in [0, 0.1) is 5.92 Å². The van der Waals surface area contributed by atoms with Gasteiger partial charge in [-0.2, -0.15) is 4.98 Å². The van der Waals surface area contributed by atoms with Gasteiger partial charge in [0, 0.05) is 26.4 Å². The van der Waals surface area contributed by atoms with E-state index < -0.39 is 6.10 Å². The van der Waals surface area contributed by atoms with Crippen molar-refractivity contribution in [2.75, 3.05) is 13.6 Å². The van der Waals surface area contributed by atoms with Gasteiger partial charge in [0.05, 0.1) is 17.9 Å². The molecule has 1 aliphatic carbocycles. The van der Waals surface area contributed by atoms with Crippen molar-refractivity contribution < 1.29 is 18.8 Å². The van der Waals surface area contributed by atoms with Gasteiger partial charge >= 0.3 is 0 Å². The van der Waals surface area contributed by atoms with Gasteiger partial charge in [-0.15, -0.1) is 0 Å². The molecule has 2 aromatic rings. The normalized spacial score (nSPS) is 15.7. The molecule has 1 amide bonds. The summed E-state index contributed by atoms with van der Waals surface area (Å²) in [4.78, 5) is 17.8. The quantitative estimate of drug-likeness (QED) is 0.833. The van der Waals surface area contributed by atoms with Crippen LogP contribution in [0.25, 0.3) is 11.4 Å². The minimum atomic E-state index is -0.412. The van der Waals surface area contributed by atoms with Crippen molar-refractivity contribution in [1.29, 1.82) is 0 Å². The Balaban J connectivity index is 1.48. The number of nitrogens with zero attached hydrogens (tertiary/aromatic N) is 3. The van der Waals surface area contributed by atoms with Crippen molar-refractivity contribution in [3.05, 3.63) is 24.5 Å². The number of carbonyl (C=O) groups excluding carboxylic acids is 1. The highest BCUT2D eigenvalue weighted by atomic mass is 16.5. The van der Waals surface area contributed by atoms with Crippen molar-refractivity contribution in [3.8, 4) is 11.4 Å². The number of aliphatic hydroxyl groups excluding tert-OH is 1. The Morgan fingerprint density at radius 1 is 1.55 bits per heavy atom. The Bertz CT molecular complexity index is 619. The third-order valence-electron chi connectivity index (χ3n) is 3.85. The average Bonchev–Trinajstić information content (AvgIpc) is 3.02. The first-order valence-electron chi connectivity index (χ1n) is 7.40. The van der Waals surface area contributed by atoms with E-state index >= 15 is 0 Å². The summed E-state index contributed by atoms with van der Waals surface area (Å²) in [5.74, 6) is 1.20. The van der Waals surface area contributed by atoms with E-state index in [9.17, 15) is 9.90 Å². The van der Waals surface area contributed by atoms with Crippen LogP contribution in [0.2, 0.25) is 0 Å². The molecule has 0 aliphatic heterocycles. The second-order valence-corrected chi connectivity index (χ2v) is 5.70. The molecule has 2 aromatic heterocycles. The number of furan rings is 1. The molecule has 0 radical (unpaired) electrons. The van der Waals surface area contributed by atoms with Crippen LogP contribution in [-0.2, 0) is 11.2 Å². The van der Waals surface area contributed by atoms with Crippen molar-refractivity contribution in [1.82, 2.24) is 15.0 Å². The van der Waals surface area contributed by atoms with E-state index in [-0.39, 0.29) is 12.3 Å². The van der Waals surface area contributed by atoms with Crippen molar-refractivity contribution in [2.45, 2.75) is 31.8 Å². The fraction of sp³-hybridized carbons (Fsp3) is 0.533. The summed E-state index contributed by atoms with van der Waals surface area (Å²) < 4.78 is 10.1. The molecule has 3 rings (SSSR count). The fourth-order valence-corrected chi connectivity index (χ4v) is 2.28. The van der Waals surface area contributed by atoms with Gasteiger partial charge in [-0.3, -0.25) is 4.79 Å². The lowest BCUT2D eigenvalue weighted by Gasteiger charge is -2.20. The summed E-state index contributed by atoms with van der Waals surface area (Å²) in [5, 5.41) is 13.7. The van der Waals surface area contributed by atoms with Gasteiger partial charge in [0.2, 0.25) is 17.6 Å². The SMILES string of the molecule is CN(CC(O)C1CC1)C(=O)CCc1nc(-c2ccoc2)no1. The number of hydrogen-bond donors (Lipinski definition) is 1. The zero-order valence-electron chi connectivity index (χ0n) is 12.4. The molecule has 1 fully saturated rings. The summed E-state index contributed by atoms with van der Waals surface area (Å²) in [5.41, 5.74) is 0.742. The first kappa shape index (κ1) is 14.8. The first-order chi connectivity index (χ1) is 10.6. The summed E-state index contributed by atoms with van der Waals surface area (Å²) in [6.45, 7) is 0.383. The maximum Gasteiger partial charge on any atom is 0.227 e. The zero-order valence-corrected chi connectivity index (χ0v) is 12.4. The van der Waals surface area contributed by atoms with Gasteiger partial charge in [0.25, 0.3) is 0 Å². The lowest BCUT2D eigenvalue weighted by molar-refractivity contribution is -0.131. The Hall–Kier alpha value is -2.15. The van der Waals surface area contributed by atoms with Crippen LogP contribution in [0.4, 0.5) is 0 Å². The highest BCUT2D eigenvalue weighted by Crippen LogP contribution is 2.32. The molecular formula is C15H19N3O4. The van der Waals surface area contributed by atoms with Crippen LogP contribution in [0.1, 0.15) is 25.2 Å². The predicted molar refractivity (Wildman–Crippen MR) is 76.7 cm³/mol. The third-order valence-corrected chi connectivity index (χ3v) is 3.85. The Morgan fingerprint density at radius 2 is 2.36 bits per heavy atom. The van der Waals surface area contributed by atoms with E-state index in [1.807, 2.05) is 0 Å². The molecule has 1 N–H and O–H groups in total. The molecule has 0 spiro atoms. The smallest absolute Gasteiger partial charge is 0.227 e. The van der Waals surface area contributed by atoms with Crippen LogP contribution in [-0.4, -0.2) is 45.8 Å². The summed E-state index contributed by atoms with van der Waals surface area (Å²) in [6, 6.07) is 1.74. The Labute approximate surface area is 127 Å². The second-order valence-electron chi connectivity index (χ2n) is 5.70. The molecule has 0 aromatic carbocycles. The zero-order chi connectivity index (χ0) is 15.5. The molecule has 1 atom stereocenters. The van der Waals surface area contributed by atoms with Gasteiger partial charge in [-0.1, -0.05) is 5.16 Å². The lowest BCUT2D eigenvalue weighted by atomic mass is 10.2. The highest BCUT2D eigenvalue weighted by Gasteiger charge is 2.31. The van der Waals surface area contributed by atoms with Crippen LogP contribution in [0.15, 0.2) is 27.5 Å². The molecule has 1 aliphatic rings. The predicted octanol–water partition coefficient (Wildman–Crippen LogP) is 1.49. The monoisotopic (exact) mass is 305 g/mol. The molecule has 118 valence electrons. The number of rotatable bonds is 7. The van der Waals surface area contributed by atoms with Gasteiger partial charge in [-0.25, -0.2) is 0 Å². The maximum absolute atomic E-state index is 12.0. The summed E-state index contributed by atoms with van der Waals surface area (Å²) in [6.07, 6.45) is 5.44. The van der Waals surface area contributed by atoms with Gasteiger partial charge < -0.3 is 18.9 Å². The van der Waals surface area contributed by atoms with Crippen LogP contribution in [0.3, 0.4) is 0 Å². The number of aliphatic hydroxyl groups is 1. The van der Waals surface area contributed by atoms with Crippen LogP contribution >= 0.6 is 0 Å². The number of carbonyl (C=O) groups is 1. The minimum Gasteiger partial charge on any atom is -0.472 e. The minimum absolute atomic E-state index is 0.0391. The van der Waals surface area contributed by atoms with Crippen LogP contribution < -0.4 is 0 Å². The number of amides is 1. The van der Waals surface area contributed by atoms with E-state index in [1.165, 1.54) is 12.5 Å². The van der Waals surface area contributed by atoms with Crippen molar-refractivity contribution in [3.63, 3.8) is 0 Å². The fourth-order valence-electron chi connectivity index (χ4n) is 2.28. The molecule has 1 saturated carbocycles. The van der Waals surface area contributed by atoms with Crippen molar-refractivity contribution >= 4 is 5.91 Å². The number of likely N-dealkylation sites (N-methyl/N-ethyl adjacent to an activating group) is 1. The Morgan fingerprint density at radius 3 is 3.05 bits per heavy atom. The van der Waals surface area contributed by atoms with E-state index in [0.29, 0.717) is 30.6 Å². The number of aryl methyl sites for hydroxylation is 1. The van der Waals surface area contributed by atoms with E-state index in [0.717, 1.165) is 18.4 Å². The molecule has 22 heavy (non-hydrogen) atoms. The van der Waals surface area contributed by atoms with Crippen molar-refractivity contribution in [2.24, 2.45) is 5.92 Å². The summed E-state index contributed by atoms with van der Waals surface area (Å²) in [7, 11) is 1.71. The first-order valence-corrected chi connectivity index (χ1v) is 7.40. The number of hydrogen-bond acceptors (Lipinski definition) is 6. The molecule has 2 heterocycles. The molecular weight excluding hydrogens is 286 g/mol. The largest absolute Gasteiger partial charge is 0.472 e. The maximum atomic E-state index is 12.0. The van der Waals surface area contributed by atoms with E-state index in [4.69, 9.17) is 8.94 Å². The lowest BCUT2D eigenvalue weighted by Crippen LogP contribution is -2.35. The molecule has 7 nitrogen and oxygen atoms in total. The topological polar surface area (TPSA) is 92.6 Å². The summed E-state index contributed by atoms with van der Waals surface area (Å²) >= 11 is 0. The van der Waals surface area contributed by atoms with Gasteiger partial charge in [-0.05, 0) is 24.8 Å². The van der Waals surface area contributed by atoms with E-state index in [2.05, 4.69) is 10.1 Å². The third kappa shape index (κ3) is 3.54. The molecule has 7 heteroatoms. The second kappa shape index (κ2) is 6.31. The highest BCUT2D eigenvalue weighted by molar-refractivity contribution is 5.76. The standard InChI is InChI=1S/C15H19N3O4/c1-18(8-12(19)10-2-3-10)14(20)5-4-13-16-15(17-22-13)11-6-7-21-9-11/h6-7,9-10,12,19H,2-5,8H2,1H3. The van der Waals surface area contributed by atoms with Gasteiger partial charge in [0.15, 0.2) is 0 Å². The number of aromatic nitrogens is 2. The van der Waals surface area contributed by atoms with Crippen LogP contribution in [0.5, 0.6) is 0 Å². The molecule has 0 saturated heterocycles. The molecule has 1 unspecified atom stereocenters. The van der Waals surface area contributed by atoms with E-state index in [1.54, 1.807) is 18.0 Å². The van der Waals surface area contributed by atoms with Gasteiger partial charge in [0.1, 0.15) is 6.26 Å². The average molecular weight is 305 g/mol.